The van der Waals surface area contributed by atoms with Gasteiger partial charge in [0.2, 0.25) is 0 Å². The highest BCUT2D eigenvalue weighted by atomic mass is 14.9. The number of aromatic nitrogens is 2. The molecule has 0 amide bonds. The van der Waals surface area contributed by atoms with E-state index in [4.69, 9.17) is 5.73 Å². The summed E-state index contributed by atoms with van der Waals surface area (Å²) in [6, 6.07) is 4.14. The van der Waals surface area contributed by atoms with Gasteiger partial charge in [0, 0.05) is 0 Å². The Bertz CT molecular complexity index is 443. The van der Waals surface area contributed by atoms with Crippen molar-refractivity contribution in [1.29, 1.82) is 0 Å². The van der Waals surface area contributed by atoms with Gasteiger partial charge in [-0.25, -0.2) is 4.98 Å². The van der Waals surface area contributed by atoms with E-state index in [1.807, 2.05) is 6.07 Å². The van der Waals surface area contributed by atoms with Crippen LogP contribution in [-0.2, 0) is 6.54 Å². The number of H-pyrrole nitrogens is 1. The van der Waals surface area contributed by atoms with Crippen LogP contribution in [0.2, 0.25) is 0 Å². The van der Waals surface area contributed by atoms with Crippen molar-refractivity contribution in [3.05, 3.63) is 29.1 Å². The lowest BCUT2D eigenvalue weighted by Gasteiger charge is -1.98. The standard InChI is InChI=1S/C10H13N3/c1-6-3-4-8-10(7(6)2)13-9(5-11)12-8/h3-4H,5,11H2,1-2H3,(H,12,13). The number of fused-ring (bicyclic) bond motifs is 1. The zero-order valence-corrected chi connectivity index (χ0v) is 7.89. The van der Waals surface area contributed by atoms with E-state index in [1.54, 1.807) is 0 Å². The van der Waals surface area contributed by atoms with E-state index in [-0.39, 0.29) is 0 Å². The zero-order valence-electron chi connectivity index (χ0n) is 7.89. The quantitative estimate of drug-likeness (QED) is 0.692. The number of aromatic amines is 1. The molecule has 0 saturated heterocycles. The molecule has 0 atom stereocenters. The molecule has 0 saturated carbocycles. The largest absolute Gasteiger partial charge is 0.341 e. The molecular weight excluding hydrogens is 162 g/mol. The van der Waals surface area contributed by atoms with Gasteiger partial charge in [-0.2, -0.15) is 0 Å². The predicted molar refractivity (Wildman–Crippen MR) is 53.5 cm³/mol. The molecule has 68 valence electrons. The van der Waals surface area contributed by atoms with Gasteiger partial charge in [-0.05, 0) is 31.0 Å². The van der Waals surface area contributed by atoms with Crippen molar-refractivity contribution < 1.29 is 0 Å². The highest BCUT2D eigenvalue weighted by Gasteiger charge is 2.04. The fourth-order valence-electron chi connectivity index (χ4n) is 1.46. The number of nitrogens with zero attached hydrogens (tertiary/aromatic N) is 1. The first-order valence-electron chi connectivity index (χ1n) is 4.37. The molecule has 13 heavy (non-hydrogen) atoms. The molecule has 1 aromatic carbocycles. The van der Waals surface area contributed by atoms with Crippen LogP contribution in [0.15, 0.2) is 12.1 Å². The van der Waals surface area contributed by atoms with E-state index in [0.29, 0.717) is 6.54 Å². The van der Waals surface area contributed by atoms with Crippen LogP contribution in [0.25, 0.3) is 11.0 Å². The summed E-state index contributed by atoms with van der Waals surface area (Å²) < 4.78 is 0. The molecule has 1 heterocycles. The van der Waals surface area contributed by atoms with Crippen LogP contribution < -0.4 is 5.73 Å². The summed E-state index contributed by atoms with van der Waals surface area (Å²) >= 11 is 0. The third-order valence-corrected chi connectivity index (χ3v) is 2.42. The number of hydrogen-bond donors (Lipinski definition) is 2. The number of nitrogens with one attached hydrogen (secondary N) is 1. The maximum Gasteiger partial charge on any atom is 0.121 e. The molecule has 0 spiro atoms. The molecule has 3 nitrogen and oxygen atoms in total. The van der Waals surface area contributed by atoms with Gasteiger partial charge >= 0.3 is 0 Å². The lowest BCUT2D eigenvalue weighted by Crippen LogP contribution is -1.97. The molecule has 0 unspecified atom stereocenters. The Balaban J connectivity index is 2.76. The van der Waals surface area contributed by atoms with E-state index < -0.39 is 0 Å². The minimum absolute atomic E-state index is 0.465. The minimum atomic E-state index is 0.465. The van der Waals surface area contributed by atoms with E-state index in [0.717, 1.165) is 16.9 Å². The van der Waals surface area contributed by atoms with Crippen molar-refractivity contribution in [2.75, 3.05) is 0 Å². The van der Waals surface area contributed by atoms with Crippen molar-refractivity contribution in [2.45, 2.75) is 20.4 Å². The van der Waals surface area contributed by atoms with E-state index >= 15 is 0 Å². The second-order valence-corrected chi connectivity index (χ2v) is 3.29. The predicted octanol–water partition coefficient (Wildman–Crippen LogP) is 1.64. The average molecular weight is 175 g/mol. The van der Waals surface area contributed by atoms with Gasteiger partial charge in [0.15, 0.2) is 0 Å². The highest BCUT2D eigenvalue weighted by molar-refractivity contribution is 5.79. The monoisotopic (exact) mass is 175 g/mol. The second-order valence-electron chi connectivity index (χ2n) is 3.29. The molecule has 3 N–H and O–H groups in total. The Morgan fingerprint density at radius 3 is 2.85 bits per heavy atom. The molecule has 3 heteroatoms. The van der Waals surface area contributed by atoms with Gasteiger partial charge in [-0.3, -0.25) is 0 Å². The summed E-state index contributed by atoms with van der Waals surface area (Å²) in [6.07, 6.45) is 0. The van der Waals surface area contributed by atoms with Crippen LogP contribution in [-0.4, -0.2) is 9.97 Å². The Morgan fingerprint density at radius 1 is 1.38 bits per heavy atom. The highest BCUT2D eigenvalue weighted by Crippen LogP contribution is 2.18. The summed E-state index contributed by atoms with van der Waals surface area (Å²) in [5.41, 5.74) is 10.1. The number of imidazole rings is 1. The van der Waals surface area contributed by atoms with Crippen LogP contribution in [0.3, 0.4) is 0 Å². The van der Waals surface area contributed by atoms with Crippen LogP contribution in [0, 0.1) is 13.8 Å². The van der Waals surface area contributed by atoms with Crippen molar-refractivity contribution >= 4 is 11.0 Å². The number of hydrogen-bond acceptors (Lipinski definition) is 2. The molecule has 0 fully saturated rings. The van der Waals surface area contributed by atoms with Crippen molar-refractivity contribution in [3.8, 4) is 0 Å². The second kappa shape index (κ2) is 2.85. The maximum atomic E-state index is 5.51. The number of benzene rings is 1. The fraction of sp³-hybridized carbons (Fsp3) is 0.300. The van der Waals surface area contributed by atoms with E-state index in [2.05, 4.69) is 29.9 Å². The van der Waals surface area contributed by atoms with Gasteiger partial charge < -0.3 is 10.7 Å². The van der Waals surface area contributed by atoms with Gasteiger partial charge in [0.1, 0.15) is 5.82 Å². The molecular formula is C10H13N3. The van der Waals surface area contributed by atoms with Crippen LogP contribution >= 0.6 is 0 Å². The summed E-state index contributed by atoms with van der Waals surface area (Å²) in [5.74, 6) is 0.851. The molecule has 0 aliphatic carbocycles. The summed E-state index contributed by atoms with van der Waals surface area (Å²) in [5, 5.41) is 0. The summed E-state index contributed by atoms with van der Waals surface area (Å²) in [6.45, 7) is 4.64. The lowest BCUT2D eigenvalue weighted by atomic mass is 10.1. The van der Waals surface area contributed by atoms with E-state index in [9.17, 15) is 0 Å². The Labute approximate surface area is 77.0 Å². The van der Waals surface area contributed by atoms with Crippen molar-refractivity contribution in [3.63, 3.8) is 0 Å². The first kappa shape index (κ1) is 8.26. The summed E-state index contributed by atoms with van der Waals surface area (Å²) in [4.78, 5) is 7.59. The van der Waals surface area contributed by atoms with Gasteiger partial charge in [-0.1, -0.05) is 6.07 Å². The molecule has 0 radical (unpaired) electrons. The molecule has 0 bridgehead atoms. The molecule has 2 rings (SSSR count). The summed E-state index contributed by atoms with van der Waals surface area (Å²) in [7, 11) is 0. The van der Waals surface area contributed by atoms with Crippen molar-refractivity contribution in [1.82, 2.24) is 9.97 Å². The first-order valence-corrected chi connectivity index (χ1v) is 4.37. The molecule has 0 aliphatic heterocycles. The number of aryl methyl sites for hydroxylation is 2. The molecule has 2 aromatic rings. The minimum Gasteiger partial charge on any atom is -0.341 e. The van der Waals surface area contributed by atoms with E-state index in [1.165, 1.54) is 11.1 Å². The van der Waals surface area contributed by atoms with Crippen molar-refractivity contribution in [2.24, 2.45) is 5.73 Å². The topological polar surface area (TPSA) is 54.7 Å². The Morgan fingerprint density at radius 2 is 2.15 bits per heavy atom. The number of rotatable bonds is 1. The third kappa shape index (κ3) is 1.21. The molecule has 0 aliphatic rings. The molecule has 1 aromatic heterocycles. The smallest absolute Gasteiger partial charge is 0.121 e. The Hall–Kier alpha value is -1.35. The fourth-order valence-corrected chi connectivity index (χ4v) is 1.46. The lowest BCUT2D eigenvalue weighted by molar-refractivity contribution is 0.958. The van der Waals surface area contributed by atoms with Crippen LogP contribution in [0.4, 0.5) is 0 Å². The van der Waals surface area contributed by atoms with Gasteiger partial charge in [0.25, 0.3) is 0 Å². The third-order valence-electron chi connectivity index (χ3n) is 2.42. The van der Waals surface area contributed by atoms with Crippen LogP contribution in [0.1, 0.15) is 17.0 Å². The zero-order chi connectivity index (χ0) is 9.42. The number of nitrogens with two attached hydrogens (primary N) is 1. The normalized spacial score (nSPS) is 11.0. The van der Waals surface area contributed by atoms with Gasteiger partial charge in [-0.15, -0.1) is 0 Å². The SMILES string of the molecule is Cc1ccc2[nH]c(CN)nc2c1C. The first-order chi connectivity index (χ1) is 6.22. The average Bonchev–Trinajstić information content (AvgIpc) is 2.55. The van der Waals surface area contributed by atoms with Crippen LogP contribution in [0.5, 0.6) is 0 Å². The maximum absolute atomic E-state index is 5.51. The Kier molecular flexibility index (Phi) is 1.81. The van der Waals surface area contributed by atoms with Gasteiger partial charge in [0.05, 0.1) is 17.6 Å².